The molecule has 0 radical (unpaired) electrons. The highest BCUT2D eigenvalue weighted by Crippen LogP contribution is 2.33. The van der Waals surface area contributed by atoms with Gasteiger partial charge in [-0.05, 0) is 31.6 Å². The van der Waals surface area contributed by atoms with Crippen LogP contribution in [0.2, 0.25) is 0 Å². The number of hydrogen-bond acceptors (Lipinski definition) is 3. The third-order valence-corrected chi connectivity index (χ3v) is 6.92. The van der Waals surface area contributed by atoms with Crippen molar-refractivity contribution in [3.63, 3.8) is 0 Å². The summed E-state index contributed by atoms with van der Waals surface area (Å²) in [6.07, 6.45) is 7.94. The molecule has 0 aromatic rings. The van der Waals surface area contributed by atoms with Gasteiger partial charge < -0.3 is 10.2 Å². The molecule has 0 spiro atoms. The maximum Gasteiger partial charge on any atom is 0.317 e. The van der Waals surface area contributed by atoms with Gasteiger partial charge in [0.25, 0.3) is 0 Å². The van der Waals surface area contributed by atoms with Gasteiger partial charge in [-0.1, -0.05) is 32.6 Å². The first-order chi connectivity index (χ1) is 10.3. The monoisotopic (exact) mass is 330 g/mol. The van der Waals surface area contributed by atoms with Crippen LogP contribution >= 0.6 is 0 Å². The molecule has 128 valence electrons. The second kappa shape index (κ2) is 7.20. The van der Waals surface area contributed by atoms with Crippen LogP contribution in [0.4, 0.5) is 4.79 Å². The van der Waals surface area contributed by atoms with Crippen molar-refractivity contribution >= 4 is 15.9 Å². The topological polar surface area (TPSA) is 66.5 Å². The molecule has 1 aliphatic carbocycles. The molecule has 22 heavy (non-hydrogen) atoms. The Hall–Kier alpha value is -0.780. The maximum absolute atomic E-state index is 12.5. The highest BCUT2D eigenvalue weighted by atomic mass is 32.2. The van der Waals surface area contributed by atoms with E-state index in [0.29, 0.717) is 19.5 Å². The number of rotatable bonds is 2. The molecule has 1 N–H and O–H groups in total. The predicted octanol–water partition coefficient (Wildman–Crippen LogP) is 2.57. The summed E-state index contributed by atoms with van der Waals surface area (Å²) in [6, 6.07) is -0.116. The Morgan fingerprint density at radius 1 is 1.18 bits per heavy atom. The zero-order chi connectivity index (χ0) is 16.2. The van der Waals surface area contributed by atoms with Crippen molar-refractivity contribution in [1.29, 1.82) is 0 Å². The Labute approximate surface area is 134 Å². The molecule has 2 amide bonds. The zero-order valence-electron chi connectivity index (χ0n) is 13.9. The Balaban J connectivity index is 1.90. The lowest BCUT2D eigenvalue weighted by Gasteiger charge is -2.32. The fourth-order valence-electron chi connectivity index (χ4n) is 3.52. The standard InChI is InChI=1S/C16H30N2O3S/c1-14-7-11-22(20,21)12-10-18(14)15(19)17-13-16(2)8-5-3-4-6-9-16/h14H,3-13H2,1-2H3,(H,17,19)/t14-/m0/s1. The van der Waals surface area contributed by atoms with E-state index in [9.17, 15) is 13.2 Å². The van der Waals surface area contributed by atoms with Crippen LogP contribution in [0.3, 0.4) is 0 Å². The van der Waals surface area contributed by atoms with Gasteiger partial charge in [-0.15, -0.1) is 0 Å². The summed E-state index contributed by atoms with van der Waals surface area (Å²) in [7, 11) is -2.99. The Morgan fingerprint density at radius 3 is 2.45 bits per heavy atom. The number of amides is 2. The third-order valence-electron chi connectivity index (χ3n) is 5.26. The molecule has 0 bridgehead atoms. The van der Waals surface area contributed by atoms with Gasteiger partial charge in [0, 0.05) is 19.1 Å². The van der Waals surface area contributed by atoms with E-state index < -0.39 is 9.84 Å². The molecule has 0 aromatic heterocycles. The number of urea groups is 1. The largest absolute Gasteiger partial charge is 0.337 e. The van der Waals surface area contributed by atoms with Crippen molar-refractivity contribution in [2.24, 2.45) is 5.41 Å². The highest BCUT2D eigenvalue weighted by Gasteiger charge is 2.30. The predicted molar refractivity (Wildman–Crippen MR) is 88.6 cm³/mol. The van der Waals surface area contributed by atoms with Gasteiger partial charge in [-0.25, -0.2) is 13.2 Å². The summed E-state index contributed by atoms with van der Waals surface area (Å²) in [4.78, 5) is 14.2. The second-order valence-corrected chi connectivity index (χ2v) is 9.67. The second-order valence-electron chi connectivity index (χ2n) is 7.37. The van der Waals surface area contributed by atoms with Crippen LogP contribution in [-0.2, 0) is 9.84 Å². The number of sulfone groups is 1. The highest BCUT2D eigenvalue weighted by molar-refractivity contribution is 7.91. The van der Waals surface area contributed by atoms with Crippen molar-refractivity contribution in [2.75, 3.05) is 24.6 Å². The fraction of sp³-hybridized carbons (Fsp3) is 0.938. The Bertz CT molecular complexity index is 482. The lowest BCUT2D eigenvalue weighted by molar-refractivity contribution is 0.173. The molecule has 0 unspecified atom stereocenters. The third kappa shape index (κ3) is 4.86. The van der Waals surface area contributed by atoms with E-state index in [1.54, 1.807) is 4.90 Å². The molecule has 0 aromatic carbocycles. The van der Waals surface area contributed by atoms with Gasteiger partial charge in [0.15, 0.2) is 9.84 Å². The number of carbonyl (C=O) groups excluding carboxylic acids is 1. The van der Waals surface area contributed by atoms with Gasteiger partial charge >= 0.3 is 6.03 Å². The number of nitrogens with zero attached hydrogens (tertiary/aromatic N) is 1. The Kier molecular flexibility index (Phi) is 5.75. The van der Waals surface area contributed by atoms with E-state index in [4.69, 9.17) is 0 Å². The average molecular weight is 330 g/mol. The van der Waals surface area contributed by atoms with E-state index in [2.05, 4.69) is 12.2 Å². The summed E-state index contributed by atoms with van der Waals surface area (Å²) in [5, 5.41) is 3.07. The van der Waals surface area contributed by atoms with Gasteiger partial charge in [-0.3, -0.25) is 0 Å². The first kappa shape index (κ1) is 17.6. The lowest BCUT2D eigenvalue weighted by Crippen LogP contribution is -2.48. The first-order valence-corrected chi connectivity index (χ1v) is 10.4. The minimum Gasteiger partial charge on any atom is -0.337 e. The summed E-state index contributed by atoms with van der Waals surface area (Å²) in [5.41, 5.74) is 0.188. The van der Waals surface area contributed by atoms with Crippen LogP contribution in [0.15, 0.2) is 0 Å². The van der Waals surface area contributed by atoms with E-state index in [0.717, 1.165) is 12.8 Å². The zero-order valence-corrected chi connectivity index (χ0v) is 14.8. The van der Waals surface area contributed by atoms with Crippen LogP contribution in [0.1, 0.15) is 58.8 Å². The number of nitrogens with one attached hydrogen (secondary N) is 1. The summed E-state index contributed by atoms with van der Waals surface area (Å²) >= 11 is 0. The summed E-state index contributed by atoms with van der Waals surface area (Å²) in [6.45, 7) is 5.20. The van der Waals surface area contributed by atoms with Crippen molar-refractivity contribution in [1.82, 2.24) is 10.2 Å². The normalized spacial score (nSPS) is 28.5. The van der Waals surface area contributed by atoms with Crippen molar-refractivity contribution < 1.29 is 13.2 Å². The van der Waals surface area contributed by atoms with Crippen LogP contribution in [0.5, 0.6) is 0 Å². The van der Waals surface area contributed by atoms with E-state index in [1.807, 2.05) is 6.92 Å². The fourth-order valence-corrected chi connectivity index (χ4v) is 4.90. The van der Waals surface area contributed by atoms with Gasteiger partial charge in [0.2, 0.25) is 0 Å². The molecule has 6 heteroatoms. The van der Waals surface area contributed by atoms with Gasteiger partial charge in [-0.2, -0.15) is 0 Å². The minimum absolute atomic E-state index is 0.0146. The van der Waals surface area contributed by atoms with Crippen LogP contribution in [0, 0.1) is 5.41 Å². The quantitative estimate of drug-likeness (QED) is 0.791. The molecule has 2 fully saturated rings. The Morgan fingerprint density at radius 2 is 1.82 bits per heavy atom. The van der Waals surface area contributed by atoms with E-state index in [1.165, 1.54) is 25.7 Å². The molecule has 1 saturated heterocycles. The minimum atomic E-state index is -2.99. The molecular weight excluding hydrogens is 300 g/mol. The van der Waals surface area contributed by atoms with Crippen molar-refractivity contribution in [3.05, 3.63) is 0 Å². The van der Waals surface area contributed by atoms with E-state index in [-0.39, 0.29) is 29.0 Å². The van der Waals surface area contributed by atoms with Gasteiger partial charge in [0.1, 0.15) is 0 Å². The van der Waals surface area contributed by atoms with Crippen LogP contribution < -0.4 is 5.32 Å². The van der Waals surface area contributed by atoms with Crippen LogP contribution in [-0.4, -0.2) is 50.0 Å². The summed E-state index contributed by atoms with van der Waals surface area (Å²) in [5.74, 6) is 0.275. The SMILES string of the molecule is C[C@H]1CCS(=O)(=O)CCN1C(=O)NCC1(C)CCCCCC1. The molecular formula is C16H30N2O3S. The number of hydrogen-bond donors (Lipinski definition) is 1. The van der Waals surface area contributed by atoms with Crippen LogP contribution in [0.25, 0.3) is 0 Å². The lowest BCUT2D eigenvalue weighted by atomic mass is 9.82. The maximum atomic E-state index is 12.5. The summed E-state index contributed by atoms with van der Waals surface area (Å²) < 4.78 is 23.4. The average Bonchev–Trinajstić information content (AvgIpc) is 2.75. The smallest absolute Gasteiger partial charge is 0.317 e. The van der Waals surface area contributed by atoms with Gasteiger partial charge in [0.05, 0.1) is 11.5 Å². The molecule has 1 heterocycles. The van der Waals surface area contributed by atoms with E-state index >= 15 is 0 Å². The molecule has 2 aliphatic rings. The molecule has 5 nitrogen and oxygen atoms in total. The first-order valence-electron chi connectivity index (χ1n) is 8.56. The molecule has 2 rings (SSSR count). The molecule has 1 aliphatic heterocycles. The van der Waals surface area contributed by atoms with Crippen molar-refractivity contribution in [3.8, 4) is 0 Å². The number of carbonyl (C=O) groups is 1. The molecule has 1 atom stereocenters. The van der Waals surface area contributed by atoms with Crippen molar-refractivity contribution in [2.45, 2.75) is 64.8 Å². The molecule has 1 saturated carbocycles.